The van der Waals surface area contributed by atoms with Crippen LogP contribution in [0.5, 0.6) is 17.2 Å². The highest BCUT2D eigenvalue weighted by molar-refractivity contribution is 5.85. The molecular formula is C23H32Cl2N2O4. The first-order chi connectivity index (χ1) is 14.0. The second-order valence-electron chi connectivity index (χ2n) is 8.05. The number of benzene rings is 2. The highest BCUT2D eigenvalue weighted by Crippen LogP contribution is 2.32. The Labute approximate surface area is 196 Å². The molecule has 31 heavy (non-hydrogen) atoms. The van der Waals surface area contributed by atoms with Crippen molar-refractivity contribution in [2.45, 2.75) is 26.5 Å². The maximum absolute atomic E-state index is 10.4. The van der Waals surface area contributed by atoms with Crippen molar-refractivity contribution in [3.05, 3.63) is 53.1 Å². The zero-order chi connectivity index (χ0) is 20.2. The van der Waals surface area contributed by atoms with E-state index >= 15 is 0 Å². The number of aliphatic hydroxyl groups excluding tert-OH is 1. The Balaban J connectivity index is 0.00000171. The van der Waals surface area contributed by atoms with Crippen LogP contribution in [0.3, 0.4) is 0 Å². The topological polar surface area (TPSA) is 54.4 Å². The van der Waals surface area contributed by atoms with Crippen LogP contribution >= 0.6 is 24.8 Å². The van der Waals surface area contributed by atoms with Crippen LogP contribution in [0, 0.1) is 13.8 Å². The molecule has 4 rings (SSSR count). The highest BCUT2D eigenvalue weighted by Gasteiger charge is 2.21. The van der Waals surface area contributed by atoms with E-state index in [2.05, 4.69) is 41.8 Å². The number of rotatable bonds is 7. The Kier molecular flexibility index (Phi) is 9.72. The van der Waals surface area contributed by atoms with Crippen molar-refractivity contribution in [3.63, 3.8) is 0 Å². The molecule has 2 heterocycles. The van der Waals surface area contributed by atoms with Crippen molar-refractivity contribution in [2.24, 2.45) is 0 Å². The third kappa shape index (κ3) is 7.16. The summed E-state index contributed by atoms with van der Waals surface area (Å²) in [5, 5.41) is 10.4. The molecule has 1 saturated heterocycles. The van der Waals surface area contributed by atoms with Crippen molar-refractivity contribution >= 4 is 24.8 Å². The van der Waals surface area contributed by atoms with Crippen LogP contribution in [0.25, 0.3) is 0 Å². The van der Waals surface area contributed by atoms with Gasteiger partial charge in [-0.3, -0.25) is 9.80 Å². The van der Waals surface area contributed by atoms with Crippen molar-refractivity contribution in [2.75, 3.05) is 46.1 Å². The predicted octanol–water partition coefficient (Wildman–Crippen LogP) is 3.43. The molecule has 2 aliphatic rings. The van der Waals surface area contributed by atoms with Crippen LogP contribution in [0.2, 0.25) is 0 Å². The minimum atomic E-state index is -0.490. The quantitative estimate of drug-likeness (QED) is 0.668. The molecule has 172 valence electrons. The summed E-state index contributed by atoms with van der Waals surface area (Å²) >= 11 is 0. The molecule has 8 heteroatoms. The minimum absolute atomic E-state index is 0. The first kappa shape index (κ1) is 25.6. The third-order valence-electron chi connectivity index (χ3n) is 5.41. The van der Waals surface area contributed by atoms with Gasteiger partial charge in [-0.05, 0) is 54.8 Å². The Morgan fingerprint density at radius 1 is 0.903 bits per heavy atom. The lowest BCUT2D eigenvalue weighted by molar-refractivity contribution is 0.0446. The van der Waals surface area contributed by atoms with E-state index in [1.165, 1.54) is 16.7 Å². The molecule has 2 aromatic rings. The van der Waals surface area contributed by atoms with E-state index in [0.717, 1.165) is 50.0 Å². The van der Waals surface area contributed by atoms with Crippen LogP contribution in [0.4, 0.5) is 0 Å². The number of nitrogens with zero attached hydrogens (tertiary/aromatic N) is 2. The molecule has 0 aromatic heterocycles. The number of hydrogen-bond donors (Lipinski definition) is 1. The van der Waals surface area contributed by atoms with Gasteiger partial charge in [0.05, 0.1) is 0 Å². The summed E-state index contributed by atoms with van der Waals surface area (Å²) in [5.41, 5.74) is 3.59. The van der Waals surface area contributed by atoms with Gasteiger partial charge in [0.15, 0.2) is 11.5 Å². The molecule has 0 aliphatic carbocycles. The monoisotopic (exact) mass is 470 g/mol. The van der Waals surface area contributed by atoms with Crippen LogP contribution in [-0.2, 0) is 6.54 Å². The highest BCUT2D eigenvalue weighted by atomic mass is 35.5. The molecule has 0 radical (unpaired) electrons. The van der Waals surface area contributed by atoms with E-state index in [9.17, 15) is 5.11 Å². The van der Waals surface area contributed by atoms with Crippen molar-refractivity contribution in [3.8, 4) is 17.2 Å². The van der Waals surface area contributed by atoms with Gasteiger partial charge in [0.2, 0.25) is 6.79 Å². The first-order valence-corrected chi connectivity index (χ1v) is 10.3. The zero-order valence-electron chi connectivity index (χ0n) is 18.1. The van der Waals surface area contributed by atoms with Crippen LogP contribution < -0.4 is 14.2 Å². The lowest BCUT2D eigenvalue weighted by atomic mass is 10.1. The third-order valence-corrected chi connectivity index (χ3v) is 5.41. The van der Waals surface area contributed by atoms with Crippen LogP contribution in [-0.4, -0.2) is 67.1 Å². The summed E-state index contributed by atoms with van der Waals surface area (Å²) in [7, 11) is 0. The molecule has 1 unspecified atom stereocenters. The number of hydrogen-bond acceptors (Lipinski definition) is 6. The van der Waals surface area contributed by atoms with E-state index in [4.69, 9.17) is 14.2 Å². The van der Waals surface area contributed by atoms with Gasteiger partial charge in [0.25, 0.3) is 0 Å². The lowest BCUT2D eigenvalue weighted by Gasteiger charge is -2.35. The molecule has 2 aromatic carbocycles. The summed E-state index contributed by atoms with van der Waals surface area (Å²) in [6.07, 6.45) is -0.490. The number of ether oxygens (including phenoxy) is 3. The fourth-order valence-corrected chi connectivity index (χ4v) is 3.99. The molecule has 6 nitrogen and oxygen atoms in total. The zero-order valence-corrected chi connectivity index (χ0v) is 19.7. The van der Waals surface area contributed by atoms with Gasteiger partial charge in [-0.2, -0.15) is 0 Å². The molecule has 0 bridgehead atoms. The second-order valence-corrected chi connectivity index (χ2v) is 8.05. The number of halogens is 2. The van der Waals surface area contributed by atoms with E-state index in [0.29, 0.717) is 19.9 Å². The van der Waals surface area contributed by atoms with Gasteiger partial charge in [0.1, 0.15) is 18.5 Å². The molecule has 0 spiro atoms. The summed E-state index contributed by atoms with van der Waals surface area (Å²) in [6.45, 7) is 10.2. The second kappa shape index (κ2) is 11.8. The molecule has 0 saturated carbocycles. The summed E-state index contributed by atoms with van der Waals surface area (Å²) in [6, 6.07) is 12.3. The molecule has 1 fully saturated rings. The standard InChI is InChI=1S/C23H30N2O4.2ClH/c1-17-9-18(2)11-21(10-17)27-15-20(26)14-25-7-5-24(6-8-25)13-19-3-4-22-23(12-19)29-16-28-22;;/h3-4,9-12,20,26H,5-8,13-16H2,1-2H3;2*1H. The van der Waals surface area contributed by atoms with Crippen LogP contribution in [0.1, 0.15) is 16.7 Å². The number of fused-ring (bicyclic) bond motifs is 1. The maximum atomic E-state index is 10.4. The first-order valence-electron chi connectivity index (χ1n) is 10.3. The average molecular weight is 471 g/mol. The van der Waals surface area contributed by atoms with Gasteiger partial charge in [0, 0.05) is 39.3 Å². The van der Waals surface area contributed by atoms with Crippen molar-refractivity contribution in [1.29, 1.82) is 0 Å². The summed E-state index contributed by atoms with van der Waals surface area (Å²) in [4.78, 5) is 4.75. The number of aliphatic hydroxyl groups is 1. The molecule has 1 N–H and O–H groups in total. The Hall–Kier alpha value is -1.70. The fourth-order valence-electron chi connectivity index (χ4n) is 3.99. The van der Waals surface area contributed by atoms with Crippen molar-refractivity contribution < 1.29 is 19.3 Å². The smallest absolute Gasteiger partial charge is 0.231 e. The van der Waals surface area contributed by atoms with Gasteiger partial charge >= 0.3 is 0 Å². The SMILES string of the molecule is Cc1cc(C)cc(OCC(O)CN2CCN(Cc3ccc4c(c3)OCO4)CC2)c1.Cl.Cl. The normalized spacial score (nSPS) is 16.9. The average Bonchev–Trinajstić information content (AvgIpc) is 3.15. The van der Waals surface area contributed by atoms with Crippen molar-refractivity contribution in [1.82, 2.24) is 9.80 Å². The van der Waals surface area contributed by atoms with E-state index in [-0.39, 0.29) is 24.8 Å². The van der Waals surface area contributed by atoms with E-state index in [1.54, 1.807) is 0 Å². The largest absolute Gasteiger partial charge is 0.491 e. The molecule has 1 atom stereocenters. The summed E-state index contributed by atoms with van der Waals surface area (Å²) < 4.78 is 16.6. The maximum Gasteiger partial charge on any atom is 0.231 e. The van der Waals surface area contributed by atoms with Gasteiger partial charge in [-0.1, -0.05) is 12.1 Å². The van der Waals surface area contributed by atoms with Gasteiger partial charge in [-0.15, -0.1) is 24.8 Å². The number of aryl methyl sites for hydroxylation is 2. The molecular weight excluding hydrogens is 439 g/mol. The fraction of sp³-hybridized carbons (Fsp3) is 0.478. The minimum Gasteiger partial charge on any atom is -0.491 e. The predicted molar refractivity (Wildman–Crippen MR) is 126 cm³/mol. The van der Waals surface area contributed by atoms with Gasteiger partial charge < -0.3 is 19.3 Å². The Bertz CT molecular complexity index is 824. The molecule has 2 aliphatic heterocycles. The van der Waals surface area contributed by atoms with E-state index < -0.39 is 6.10 Å². The van der Waals surface area contributed by atoms with Gasteiger partial charge in [-0.25, -0.2) is 0 Å². The number of piperazine rings is 1. The number of β-amino-alcohol motifs (C(OH)–C–C–N with tert-alkyl or cyclic N) is 1. The van der Waals surface area contributed by atoms with Crippen LogP contribution in [0.15, 0.2) is 36.4 Å². The lowest BCUT2D eigenvalue weighted by Crippen LogP contribution is -2.48. The van der Waals surface area contributed by atoms with E-state index in [1.807, 2.05) is 18.2 Å². The Morgan fingerprint density at radius 2 is 1.55 bits per heavy atom. The molecule has 0 amide bonds. The summed E-state index contributed by atoms with van der Waals surface area (Å²) in [5.74, 6) is 2.50. The Morgan fingerprint density at radius 3 is 2.26 bits per heavy atom.